The number of hydrogen-bond donors (Lipinski definition) is 0. The SMILES string of the molecule is C(=C1/CCCN=C1c1cccnc1)/c1ccc2ncsc2c1. The van der Waals surface area contributed by atoms with Crippen molar-refractivity contribution in [3.05, 3.63) is 64.9 Å². The van der Waals surface area contributed by atoms with E-state index in [0.29, 0.717) is 0 Å². The van der Waals surface area contributed by atoms with Crippen LogP contribution >= 0.6 is 11.3 Å². The summed E-state index contributed by atoms with van der Waals surface area (Å²) in [5.74, 6) is 0. The molecule has 1 aromatic carbocycles. The lowest BCUT2D eigenvalue weighted by Crippen LogP contribution is -2.11. The van der Waals surface area contributed by atoms with Crippen LogP contribution in [0.15, 0.2) is 58.8 Å². The third-order valence-corrected chi connectivity index (χ3v) is 4.60. The largest absolute Gasteiger partial charge is 0.284 e. The van der Waals surface area contributed by atoms with Crippen molar-refractivity contribution >= 4 is 33.3 Å². The average molecular weight is 305 g/mol. The second-order valence-corrected chi connectivity index (χ2v) is 6.21. The van der Waals surface area contributed by atoms with Gasteiger partial charge in [-0.3, -0.25) is 9.98 Å². The number of aliphatic imine (C=N–C) groups is 1. The van der Waals surface area contributed by atoms with E-state index >= 15 is 0 Å². The van der Waals surface area contributed by atoms with Crippen molar-refractivity contribution in [1.29, 1.82) is 0 Å². The molecule has 1 aliphatic heterocycles. The lowest BCUT2D eigenvalue weighted by molar-refractivity contribution is 0.818. The second-order valence-electron chi connectivity index (χ2n) is 5.32. The molecule has 0 saturated heterocycles. The quantitative estimate of drug-likeness (QED) is 0.705. The minimum atomic E-state index is 0.898. The first-order valence-electron chi connectivity index (χ1n) is 7.39. The Kier molecular flexibility index (Phi) is 3.52. The van der Waals surface area contributed by atoms with Crippen molar-refractivity contribution in [2.24, 2.45) is 4.99 Å². The van der Waals surface area contributed by atoms with Crippen LogP contribution in [0.4, 0.5) is 0 Å². The zero-order valence-electron chi connectivity index (χ0n) is 12.1. The van der Waals surface area contributed by atoms with Crippen molar-refractivity contribution in [2.75, 3.05) is 6.54 Å². The van der Waals surface area contributed by atoms with Crippen LogP contribution in [0.5, 0.6) is 0 Å². The Hall–Kier alpha value is -2.33. The summed E-state index contributed by atoms with van der Waals surface area (Å²) in [4.78, 5) is 13.3. The number of aromatic nitrogens is 2. The fraction of sp³-hybridized carbons (Fsp3) is 0.167. The number of fused-ring (bicyclic) bond motifs is 1. The molecular formula is C18H15N3S. The van der Waals surface area contributed by atoms with Crippen LogP contribution in [0.3, 0.4) is 0 Å². The molecule has 0 atom stereocenters. The predicted molar refractivity (Wildman–Crippen MR) is 92.5 cm³/mol. The molecular weight excluding hydrogens is 290 g/mol. The highest BCUT2D eigenvalue weighted by Crippen LogP contribution is 2.24. The molecule has 108 valence electrons. The van der Waals surface area contributed by atoms with Crippen LogP contribution in [-0.4, -0.2) is 22.2 Å². The molecule has 1 aliphatic rings. The molecule has 0 bridgehead atoms. The summed E-state index contributed by atoms with van der Waals surface area (Å²) in [5, 5.41) is 0. The minimum absolute atomic E-state index is 0.898. The number of nitrogens with zero attached hydrogens (tertiary/aromatic N) is 3. The Bertz CT molecular complexity index is 862. The number of benzene rings is 1. The zero-order valence-corrected chi connectivity index (χ0v) is 12.9. The first-order valence-corrected chi connectivity index (χ1v) is 8.27. The third kappa shape index (κ3) is 2.57. The fourth-order valence-corrected chi connectivity index (χ4v) is 3.49. The highest BCUT2D eigenvalue weighted by molar-refractivity contribution is 7.16. The number of thiazole rings is 1. The molecule has 3 aromatic rings. The van der Waals surface area contributed by atoms with Gasteiger partial charge in [0.05, 0.1) is 21.4 Å². The summed E-state index contributed by atoms with van der Waals surface area (Å²) < 4.78 is 1.23. The topological polar surface area (TPSA) is 38.1 Å². The van der Waals surface area contributed by atoms with E-state index in [1.807, 2.05) is 17.8 Å². The van der Waals surface area contributed by atoms with Crippen LogP contribution in [-0.2, 0) is 0 Å². The molecule has 4 heteroatoms. The standard InChI is InChI=1S/C18H15N3S/c1-4-15(11-19-7-1)18-14(3-2-8-20-18)9-13-5-6-16-17(10-13)22-12-21-16/h1,4-7,9-12H,2-3,8H2/b14-9+. The van der Waals surface area contributed by atoms with Gasteiger partial charge in [-0.1, -0.05) is 6.07 Å². The van der Waals surface area contributed by atoms with E-state index in [1.54, 1.807) is 17.5 Å². The lowest BCUT2D eigenvalue weighted by Gasteiger charge is -2.16. The average Bonchev–Trinajstić information content (AvgIpc) is 3.04. The first kappa shape index (κ1) is 13.3. The van der Waals surface area contributed by atoms with Gasteiger partial charge in [0.1, 0.15) is 0 Å². The Morgan fingerprint density at radius 1 is 1.18 bits per heavy atom. The Morgan fingerprint density at radius 2 is 2.18 bits per heavy atom. The van der Waals surface area contributed by atoms with Gasteiger partial charge >= 0.3 is 0 Å². The van der Waals surface area contributed by atoms with E-state index in [2.05, 4.69) is 40.3 Å². The molecule has 0 aliphatic carbocycles. The van der Waals surface area contributed by atoms with Gasteiger partial charge in [-0.25, -0.2) is 4.98 Å². The van der Waals surface area contributed by atoms with Crippen molar-refractivity contribution < 1.29 is 0 Å². The van der Waals surface area contributed by atoms with Gasteiger partial charge in [0.25, 0.3) is 0 Å². The maximum atomic E-state index is 4.73. The predicted octanol–water partition coefficient (Wildman–Crippen LogP) is 4.36. The van der Waals surface area contributed by atoms with E-state index in [1.165, 1.54) is 15.8 Å². The fourth-order valence-electron chi connectivity index (χ4n) is 2.76. The molecule has 2 aromatic heterocycles. The molecule has 22 heavy (non-hydrogen) atoms. The zero-order chi connectivity index (χ0) is 14.8. The van der Waals surface area contributed by atoms with Crippen molar-refractivity contribution in [2.45, 2.75) is 12.8 Å². The van der Waals surface area contributed by atoms with E-state index in [0.717, 1.165) is 36.2 Å². The van der Waals surface area contributed by atoms with Gasteiger partial charge in [0.2, 0.25) is 0 Å². The number of allylic oxidation sites excluding steroid dienone is 1. The minimum Gasteiger partial charge on any atom is -0.284 e. The summed E-state index contributed by atoms with van der Waals surface area (Å²) >= 11 is 1.68. The van der Waals surface area contributed by atoms with Gasteiger partial charge in [-0.2, -0.15) is 0 Å². The molecule has 0 saturated carbocycles. The summed E-state index contributed by atoms with van der Waals surface area (Å²) in [6, 6.07) is 10.5. The summed E-state index contributed by atoms with van der Waals surface area (Å²) in [6.45, 7) is 0.898. The molecule has 0 spiro atoms. The molecule has 3 heterocycles. The van der Waals surface area contributed by atoms with E-state index in [9.17, 15) is 0 Å². The molecule has 0 N–H and O–H groups in total. The summed E-state index contributed by atoms with van der Waals surface area (Å²) in [5.41, 5.74) is 7.66. The molecule has 3 nitrogen and oxygen atoms in total. The van der Waals surface area contributed by atoms with Gasteiger partial charge in [0, 0.05) is 24.5 Å². The second kappa shape index (κ2) is 5.81. The van der Waals surface area contributed by atoms with Crippen LogP contribution in [0.25, 0.3) is 16.3 Å². The number of pyridine rings is 1. The number of hydrogen-bond acceptors (Lipinski definition) is 4. The highest BCUT2D eigenvalue weighted by Gasteiger charge is 2.14. The molecule has 0 fully saturated rings. The van der Waals surface area contributed by atoms with Crippen LogP contribution in [0, 0.1) is 0 Å². The molecule has 0 radical (unpaired) electrons. The monoisotopic (exact) mass is 305 g/mol. The molecule has 4 rings (SSSR count). The van der Waals surface area contributed by atoms with Gasteiger partial charge in [-0.15, -0.1) is 11.3 Å². The maximum absolute atomic E-state index is 4.73. The Labute approximate surface area is 133 Å². The number of rotatable bonds is 2. The maximum Gasteiger partial charge on any atom is 0.0812 e. The van der Waals surface area contributed by atoms with Gasteiger partial charge < -0.3 is 0 Å². The van der Waals surface area contributed by atoms with Crippen LogP contribution in [0.1, 0.15) is 24.0 Å². The van der Waals surface area contributed by atoms with Crippen molar-refractivity contribution in [3.63, 3.8) is 0 Å². The van der Waals surface area contributed by atoms with Crippen molar-refractivity contribution in [1.82, 2.24) is 9.97 Å². The summed E-state index contributed by atoms with van der Waals surface area (Å²) in [6.07, 6.45) is 8.12. The first-order chi connectivity index (χ1) is 10.9. The van der Waals surface area contributed by atoms with Crippen LogP contribution < -0.4 is 0 Å². The van der Waals surface area contributed by atoms with E-state index in [4.69, 9.17) is 4.99 Å². The van der Waals surface area contributed by atoms with E-state index in [-0.39, 0.29) is 0 Å². The molecule has 0 unspecified atom stereocenters. The summed E-state index contributed by atoms with van der Waals surface area (Å²) in [7, 11) is 0. The van der Waals surface area contributed by atoms with Crippen LogP contribution in [0.2, 0.25) is 0 Å². The third-order valence-electron chi connectivity index (χ3n) is 3.81. The normalized spacial score (nSPS) is 16.9. The van der Waals surface area contributed by atoms with E-state index < -0.39 is 0 Å². The highest BCUT2D eigenvalue weighted by atomic mass is 32.1. The van der Waals surface area contributed by atoms with Gasteiger partial charge in [0.15, 0.2) is 0 Å². The lowest BCUT2D eigenvalue weighted by atomic mass is 9.95. The van der Waals surface area contributed by atoms with Crippen molar-refractivity contribution in [3.8, 4) is 0 Å². The van der Waals surface area contributed by atoms with Gasteiger partial charge in [-0.05, 0) is 54.3 Å². The Morgan fingerprint density at radius 3 is 3.09 bits per heavy atom. The molecule has 0 amide bonds. The Balaban J connectivity index is 1.75. The smallest absolute Gasteiger partial charge is 0.0812 e.